The molecule has 0 aromatic rings. The average Bonchev–Trinajstić information content (AvgIpc) is 2.10. The van der Waals surface area contributed by atoms with Crippen molar-refractivity contribution < 1.29 is 24.3 Å². The predicted octanol–water partition coefficient (Wildman–Crippen LogP) is -1.04. The molecule has 0 aromatic heterocycles. The Labute approximate surface area is 78.8 Å². The van der Waals surface area contributed by atoms with Crippen molar-refractivity contribution >= 4 is 24.1 Å². The SMILES string of the molecule is O=CCN1C(=O)C=C(C(=O)O)CC1=O. The summed E-state index contributed by atoms with van der Waals surface area (Å²) in [6, 6.07) is 0. The number of carbonyl (C=O) groups is 4. The number of carbonyl (C=O) groups excluding carboxylic acids is 3. The average molecular weight is 197 g/mol. The zero-order valence-corrected chi connectivity index (χ0v) is 7.10. The number of carboxylic acids is 1. The van der Waals surface area contributed by atoms with Crippen LogP contribution < -0.4 is 0 Å². The standard InChI is InChI=1S/C8H7NO5/c10-2-1-9-6(11)3-5(8(13)14)4-7(9)12/h2-3H,1,4H2,(H,13,14). The maximum atomic E-state index is 11.2. The summed E-state index contributed by atoms with van der Waals surface area (Å²) in [5.74, 6) is -2.72. The molecule has 74 valence electrons. The highest BCUT2D eigenvalue weighted by atomic mass is 16.4. The van der Waals surface area contributed by atoms with E-state index in [0.29, 0.717) is 11.2 Å². The third kappa shape index (κ3) is 1.85. The molecule has 0 radical (unpaired) electrons. The van der Waals surface area contributed by atoms with Gasteiger partial charge in [0, 0.05) is 6.08 Å². The van der Waals surface area contributed by atoms with E-state index in [2.05, 4.69) is 0 Å². The fraction of sp³-hybridized carbons (Fsp3) is 0.250. The van der Waals surface area contributed by atoms with E-state index >= 15 is 0 Å². The Bertz CT molecular complexity index is 344. The number of hydrogen-bond donors (Lipinski definition) is 1. The molecule has 1 aliphatic rings. The third-order valence-electron chi connectivity index (χ3n) is 1.74. The second-order valence-electron chi connectivity index (χ2n) is 2.66. The number of amides is 2. The van der Waals surface area contributed by atoms with Crippen molar-refractivity contribution in [1.29, 1.82) is 0 Å². The molecule has 6 heteroatoms. The summed E-state index contributed by atoms with van der Waals surface area (Å²) in [6.45, 7) is -0.332. The molecule has 6 nitrogen and oxygen atoms in total. The summed E-state index contributed by atoms with van der Waals surface area (Å²) < 4.78 is 0. The molecule has 0 spiro atoms. The molecule has 1 aliphatic heterocycles. The molecule has 1 heterocycles. The Morgan fingerprint density at radius 2 is 2.21 bits per heavy atom. The second kappa shape index (κ2) is 3.82. The van der Waals surface area contributed by atoms with Crippen molar-refractivity contribution in [3.63, 3.8) is 0 Å². The first kappa shape index (κ1) is 10.1. The van der Waals surface area contributed by atoms with Crippen LogP contribution in [-0.2, 0) is 19.2 Å². The summed E-state index contributed by atoms with van der Waals surface area (Å²) in [6.07, 6.45) is 0.914. The lowest BCUT2D eigenvalue weighted by Gasteiger charge is -2.20. The summed E-state index contributed by atoms with van der Waals surface area (Å²) in [4.78, 5) is 43.5. The van der Waals surface area contributed by atoms with Crippen LogP contribution in [0.15, 0.2) is 11.6 Å². The van der Waals surface area contributed by atoms with Crippen LogP contribution in [0.2, 0.25) is 0 Å². The fourth-order valence-electron chi connectivity index (χ4n) is 1.06. The molecule has 0 fully saturated rings. The van der Waals surface area contributed by atoms with E-state index in [1.54, 1.807) is 0 Å². The molecule has 0 bridgehead atoms. The smallest absolute Gasteiger partial charge is 0.332 e. The lowest BCUT2D eigenvalue weighted by molar-refractivity contribution is -0.146. The summed E-state index contributed by atoms with van der Waals surface area (Å²) in [7, 11) is 0. The summed E-state index contributed by atoms with van der Waals surface area (Å²) in [5.41, 5.74) is -0.248. The molecule has 0 aliphatic carbocycles. The number of rotatable bonds is 3. The minimum absolute atomic E-state index is 0.248. The van der Waals surface area contributed by atoms with Crippen molar-refractivity contribution in [2.45, 2.75) is 6.42 Å². The van der Waals surface area contributed by atoms with Crippen LogP contribution in [0, 0.1) is 0 Å². The highest BCUT2D eigenvalue weighted by Gasteiger charge is 2.28. The van der Waals surface area contributed by atoms with Crippen LogP contribution in [0.3, 0.4) is 0 Å². The van der Waals surface area contributed by atoms with E-state index in [9.17, 15) is 19.2 Å². The van der Waals surface area contributed by atoms with Crippen LogP contribution in [-0.4, -0.2) is 40.6 Å². The van der Waals surface area contributed by atoms with Gasteiger partial charge in [0.25, 0.3) is 5.91 Å². The highest BCUT2D eigenvalue weighted by Crippen LogP contribution is 2.12. The van der Waals surface area contributed by atoms with E-state index in [0.717, 1.165) is 6.08 Å². The lowest BCUT2D eigenvalue weighted by Crippen LogP contribution is -2.41. The Hall–Kier alpha value is -1.98. The largest absolute Gasteiger partial charge is 0.478 e. The van der Waals surface area contributed by atoms with Crippen molar-refractivity contribution in [3.8, 4) is 0 Å². The molecule has 0 saturated carbocycles. The van der Waals surface area contributed by atoms with Gasteiger partial charge in [-0.25, -0.2) is 4.79 Å². The van der Waals surface area contributed by atoms with Gasteiger partial charge in [0.1, 0.15) is 6.29 Å². The predicted molar refractivity (Wildman–Crippen MR) is 43.1 cm³/mol. The normalized spacial score (nSPS) is 16.6. The number of hydrogen-bond acceptors (Lipinski definition) is 4. The molecular formula is C8H7NO5. The fourth-order valence-corrected chi connectivity index (χ4v) is 1.06. The Balaban J connectivity index is 2.91. The zero-order chi connectivity index (χ0) is 10.7. The molecule has 0 saturated heterocycles. The molecule has 2 amide bonds. The molecule has 1 rings (SSSR count). The van der Waals surface area contributed by atoms with Gasteiger partial charge in [0.05, 0.1) is 18.5 Å². The third-order valence-corrected chi connectivity index (χ3v) is 1.74. The molecule has 0 unspecified atom stereocenters. The van der Waals surface area contributed by atoms with E-state index in [-0.39, 0.29) is 18.5 Å². The molecule has 0 aromatic carbocycles. The number of nitrogens with zero attached hydrogens (tertiary/aromatic N) is 1. The monoisotopic (exact) mass is 197 g/mol. The van der Waals surface area contributed by atoms with Crippen LogP contribution in [0.5, 0.6) is 0 Å². The first-order valence-electron chi connectivity index (χ1n) is 3.78. The first-order chi connectivity index (χ1) is 6.56. The van der Waals surface area contributed by atoms with Gasteiger partial charge in [-0.2, -0.15) is 0 Å². The quantitative estimate of drug-likeness (QED) is 0.460. The van der Waals surface area contributed by atoms with Crippen molar-refractivity contribution in [2.75, 3.05) is 6.54 Å². The van der Waals surface area contributed by atoms with Crippen LogP contribution >= 0.6 is 0 Å². The maximum Gasteiger partial charge on any atom is 0.332 e. The van der Waals surface area contributed by atoms with Gasteiger partial charge in [0.2, 0.25) is 5.91 Å². The minimum Gasteiger partial charge on any atom is -0.478 e. The van der Waals surface area contributed by atoms with Crippen molar-refractivity contribution in [3.05, 3.63) is 11.6 Å². The maximum absolute atomic E-state index is 11.2. The molecule has 1 N–H and O–H groups in total. The Kier molecular flexibility index (Phi) is 2.76. The van der Waals surface area contributed by atoms with Crippen LogP contribution in [0.4, 0.5) is 0 Å². The molecule has 14 heavy (non-hydrogen) atoms. The van der Waals surface area contributed by atoms with Gasteiger partial charge < -0.3 is 9.90 Å². The number of carboxylic acid groups (broad SMARTS) is 1. The summed E-state index contributed by atoms with van der Waals surface area (Å²) >= 11 is 0. The number of aldehydes is 1. The minimum atomic E-state index is -1.29. The van der Waals surface area contributed by atoms with Crippen molar-refractivity contribution in [1.82, 2.24) is 4.90 Å². The number of aliphatic carboxylic acids is 1. The Morgan fingerprint density at radius 1 is 1.57 bits per heavy atom. The van der Waals surface area contributed by atoms with E-state index < -0.39 is 17.8 Å². The molecule has 0 atom stereocenters. The Morgan fingerprint density at radius 3 is 2.64 bits per heavy atom. The second-order valence-corrected chi connectivity index (χ2v) is 2.66. The highest BCUT2D eigenvalue weighted by molar-refractivity contribution is 6.11. The first-order valence-corrected chi connectivity index (χ1v) is 3.78. The molecular weight excluding hydrogens is 190 g/mol. The van der Waals surface area contributed by atoms with Gasteiger partial charge in [-0.3, -0.25) is 14.5 Å². The lowest BCUT2D eigenvalue weighted by atomic mass is 10.1. The van der Waals surface area contributed by atoms with Crippen molar-refractivity contribution in [2.24, 2.45) is 0 Å². The van der Waals surface area contributed by atoms with Gasteiger partial charge >= 0.3 is 5.97 Å². The zero-order valence-electron chi connectivity index (χ0n) is 7.10. The van der Waals surface area contributed by atoms with Crippen LogP contribution in [0.25, 0.3) is 0 Å². The van der Waals surface area contributed by atoms with E-state index in [1.807, 2.05) is 0 Å². The van der Waals surface area contributed by atoms with Gasteiger partial charge in [-0.15, -0.1) is 0 Å². The summed E-state index contributed by atoms with van der Waals surface area (Å²) in [5, 5.41) is 8.53. The van der Waals surface area contributed by atoms with Gasteiger partial charge in [0.15, 0.2) is 0 Å². The van der Waals surface area contributed by atoms with E-state index in [1.165, 1.54) is 0 Å². The number of imide groups is 1. The van der Waals surface area contributed by atoms with E-state index in [4.69, 9.17) is 5.11 Å². The van der Waals surface area contributed by atoms with Crippen LogP contribution in [0.1, 0.15) is 6.42 Å². The topological polar surface area (TPSA) is 91.8 Å². The van der Waals surface area contributed by atoms with Gasteiger partial charge in [-0.1, -0.05) is 0 Å². The van der Waals surface area contributed by atoms with Gasteiger partial charge in [-0.05, 0) is 0 Å².